The molecule has 9 heteroatoms. The topological polar surface area (TPSA) is 95.3 Å². The lowest BCUT2D eigenvalue weighted by molar-refractivity contribution is 0.0699. The Hall–Kier alpha value is -2.97. The molecule has 3 aromatic heterocycles. The van der Waals surface area contributed by atoms with Crippen molar-refractivity contribution in [1.29, 1.82) is 0 Å². The Morgan fingerprint density at radius 1 is 1.27 bits per heavy atom. The summed E-state index contributed by atoms with van der Waals surface area (Å²) in [4.78, 5) is 16.4. The van der Waals surface area contributed by atoms with Gasteiger partial charge in [-0.3, -0.25) is 9.89 Å². The maximum Gasteiger partial charge on any atom is 0.274 e. The predicted octanol–water partition coefficient (Wildman–Crippen LogP) is 0.994. The lowest BCUT2D eigenvalue weighted by atomic mass is 10.1. The van der Waals surface area contributed by atoms with Gasteiger partial charge in [0, 0.05) is 31.7 Å². The van der Waals surface area contributed by atoms with Crippen molar-refractivity contribution in [2.45, 2.75) is 31.7 Å². The number of nitrogens with zero attached hydrogens (tertiary/aromatic N) is 7. The van der Waals surface area contributed by atoms with Crippen LogP contribution in [0.1, 0.15) is 40.8 Å². The largest absolute Gasteiger partial charge is 0.351 e. The Kier molecular flexibility index (Phi) is 3.25. The van der Waals surface area contributed by atoms with Crippen LogP contribution < -0.4 is 4.90 Å². The highest BCUT2D eigenvalue weighted by molar-refractivity contribution is 5.92. The summed E-state index contributed by atoms with van der Waals surface area (Å²) < 4.78 is 1.86. The molecule has 1 amide bonds. The minimum atomic E-state index is -0.0581. The zero-order chi connectivity index (χ0) is 17.8. The molecular weight excluding hydrogens is 332 g/mol. The van der Waals surface area contributed by atoms with E-state index in [1.165, 1.54) is 0 Å². The zero-order valence-corrected chi connectivity index (χ0v) is 14.8. The van der Waals surface area contributed by atoms with E-state index in [2.05, 4.69) is 25.3 Å². The molecule has 1 aliphatic carbocycles. The van der Waals surface area contributed by atoms with Crippen LogP contribution in [0.2, 0.25) is 0 Å². The Morgan fingerprint density at radius 3 is 2.77 bits per heavy atom. The highest BCUT2D eigenvalue weighted by Gasteiger charge is 2.35. The van der Waals surface area contributed by atoms with E-state index in [4.69, 9.17) is 5.10 Å². The predicted molar refractivity (Wildman–Crippen MR) is 94.2 cm³/mol. The van der Waals surface area contributed by atoms with Crippen molar-refractivity contribution in [1.82, 2.24) is 34.9 Å². The van der Waals surface area contributed by atoms with Gasteiger partial charge in [-0.25, -0.2) is 0 Å². The lowest BCUT2D eigenvalue weighted by Gasteiger charge is -2.44. The number of hydrogen-bond donors (Lipinski definition) is 1. The second-order valence-electron chi connectivity index (χ2n) is 7.21. The number of likely N-dealkylation sites (N-methyl/N-ethyl adjacent to an activating group) is 1. The summed E-state index contributed by atoms with van der Waals surface area (Å²) in [5.74, 6) is 2.29. The Labute approximate surface area is 150 Å². The molecule has 0 spiro atoms. The third-order valence-corrected chi connectivity index (χ3v) is 5.19. The maximum atomic E-state index is 12.5. The van der Waals surface area contributed by atoms with Gasteiger partial charge in [0.05, 0.1) is 6.04 Å². The molecule has 2 aliphatic rings. The minimum Gasteiger partial charge on any atom is -0.351 e. The Morgan fingerprint density at radius 2 is 2.08 bits per heavy atom. The number of anilines is 1. The number of H-pyrrole nitrogens is 1. The van der Waals surface area contributed by atoms with Crippen LogP contribution in [-0.4, -0.2) is 67.0 Å². The molecule has 0 unspecified atom stereocenters. The van der Waals surface area contributed by atoms with Gasteiger partial charge in [0.1, 0.15) is 11.5 Å². The highest BCUT2D eigenvalue weighted by Crippen LogP contribution is 2.38. The number of amides is 1. The summed E-state index contributed by atoms with van der Waals surface area (Å²) >= 11 is 0. The summed E-state index contributed by atoms with van der Waals surface area (Å²) in [5, 5.41) is 20.1. The Bertz CT molecular complexity index is 982. The van der Waals surface area contributed by atoms with Gasteiger partial charge in [-0.2, -0.15) is 9.61 Å². The van der Waals surface area contributed by atoms with Gasteiger partial charge in [-0.15, -0.1) is 15.3 Å². The first-order valence-electron chi connectivity index (χ1n) is 8.86. The van der Waals surface area contributed by atoms with Crippen LogP contribution in [0.5, 0.6) is 0 Å². The average molecular weight is 352 g/mol. The van der Waals surface area contributed by atoms with Gasteiger partial charge in [0.15, 0.2) is 11.5 Å². The number of hydrogen-bond acceptors (Lipinski definition) is 6. The number of rotatable bonds is 4. The summed E-state index contributed by atoms with van der Waals surface area (Å²) in [6, 6.07) is 5.85. The van der Waals surface area contributed by atoms with E-state index in [0.29, 0.717) is 11.6 Å². The van der Waals surface area contributed by atoms with E-state index in [9.17, 15) is 4.79 Å². The van der Waals surface area contributed by atoms with E-state index in [0.717, 1.165) is 48.9 Å². The zero-order valence-electron chi connectivity index (χ0n) is 14.8. The quantitative estimate of drug-likeness (QED) is 0.752. The van der Waals surface area contributed by atoms with E-state index in [1.807, 2.05) is 30.6 Å². The van der Waals surface area contributed by atoms with Crippen molar-refractivity contribution in [3.8, 4) is 0 Å². The molecule has 1 saturated carbocycles. The number of aromatic nitrogens is 6. The van der Waals surface area contributed by atoms with Crippen molar-refractivity contribution in [3.63, 3.8) is 0 Å². The third-order valence-electron chi connectivity index (χ3n) is 5.19. The fourth-order valence-corrected chi connectivity index (χ4v) is 3.32. The number of nitrogens with one attached hydrogen (secondary N) is 1. The van der Waals surface area contributed by atoms with Crippen LogP contribution in [0.15, 0.2) is 18.2 Å². The smallest absolute Gasteiger partial charge is 0.274 e. The summed E-state index contributed by atoms with van der Waals surface area (Å²) in [7, 11) is 1.83. The van der Waals surface area contributed by atoms with Crippen molar-refractivity contribution >= 4 is 17.4 Å². The molecule has 4 heterocycles. The molecule has 0 aromatic carbocycles. The molecule has 3 aromatic rings. The van der Waals surface area contributed by atoms with Crippen molar-refractivity contribution in [2.24, 2.45) is 0 Å². The molecule has 0 atom stereocenters. The SMILES string of the molecule is Cc1cc(C(=O)N(C)C2CN(c3ccc4nnc(C5CC5)n4n3)C2)n[nH]1. The van der Waals surface area contributed by atoms with Gasteiger partial charge in [0.25, 0.3) is 5.91 Å². The van der Waals surface area contributed by atoms with Crippen LogP contribution in [0.3, 0.4) is 0 Å². The molecule has 1 N–H and O–H groups in total. The lowest BCUT2D eigenvalue weighted by Crippen LogP contribution is -2.60. The molecule has 5 rings (SSSR count). The van der Waals surface area contributed by atoms with E-state index < -0.39 is 0 Å². The molecule has 134 valence electrons. The van der Waals surface area contributed by atoms with Crippen molar-refractivity contribution in [3.05, 3.63) is 35.4 Å². The number of aromatic amines is 1. The monoisotopic (exact) mass is 352 g/mol. The van der Waals surface area contributed by atoms with E-state index in [-0.39, 0.29) is 11.9 Å². The Balaban J connectivity index is 1.29. The molecule has 9 nitrogen and oxygen atoms in total. The van der Waals surface area contributed by atoms with Gasteiger partial charge in [-0.05, 0) is 38.0 Å². The van der Waals surface area contributed by atoms with Gasteiger partial charge in [-0.1, -0.05) is 0 Å². The summed E-state index contributed by atoms with van der Waals surface area (Å²) in [6.45, 7) is 3.40. The van der Waals surface area contributed by atoms with Crippen molar-refractivity contribution < 1.29 is 4.79 Å². The van der Waals surface area contributed by atoms with Gasteiger partial charge >= 0.3 is 0 Å². The second-order valence-corrected chi connectivity index (χ2v) is 7.21. The summed E-state index contributed by atoms with van der Waals surface area (Å²) in [6.07, 6.45) is 2.33. The molecule has 1 saturated heterocycles. The van der Waals surface area contributed by atoms with Crippen LogP contribution in [-0.2, 0) is 0 Å². The molecule has 2 fully saturated rings. The average Bonchev–Trinajstić information content (AvgIpc) is 3.21. The van der Waals surface area contributed by atoms with E-state index in [1.54, 1.807) is 11.0 Å². The number of carbonyl (C=O) groups is 1. The number of fused-ring (bicyclic) bond motifs is 1. The molecule has 0 radical (unpaired) electrons. The third kappa shape index (κ3) is 2.42. The highest BCUT2D eigenvalue weighted by atomic mass is 16.2. The normalized spacial score (nSPS) is 17.5. The minimum absolute atomic E-state index is 0.0581. The first-order valence-corrected chi connectivity index (χ1v) is 8.86. The number of aryl methyl sites for hydroxylation is 1. The standard InChI is InChI=1S/C17H20N8O/c1-10-7-13(19-18-10)17(26)23(2)12-8-24(9-12)15-6-5-14-20-21-16(11-3-4-11)25(14)22-15/h5-7,11-12H,3-4,8-9H2,1-2H3,(H,18,19). The molecule has 0 bridgehead atoms. The number of carbonyl (C=O) groups excluding carboxylic acids is 1. The first-order chi connectivity index (χ1) is 12.6. The molecule has 1 aliphatic heterocycles. The molecule has 26 heavy (non-hydrogen) atoms. The van der Waals surface area contributed by atoms with Crippen molar-refractivity contribution in [2.75, 3.05) is 25.0 Å². The first kappa shape index (κ1) is 15.3. The van der Waals surface area contributed by atoms with Gasteiger partial charge in [0.2, 0.25) is 0 Å². The van der Waals surface area contributed by atoms with Crippen LogP contribution in [0, 0.1) is 6.92 Å². The fourth-order valence-electron chi connectivity index (χ4n) is 3.32. The second kappa shape index (κ2) is 5.52. The van der Waals surface area contributed by atoms with E-state index >= 15 is 0 Å². The maximum absolute atomic E-state index is 12.5. The molecular formula is C17H20N8O. The van der Waals surface area contributed by atoms with Crippen LogP contribution >= 0.6 is 0 Å². The van der Waals surface area contributed by atoms with Gasteiger partial charge < -0.3 is 9.80 Å². The fraction of sp³-hybridized carbons (Fsp3) is 0.471. The van der Waals surface area contributed by atoms with Crippen LogP contribution in [0.25, 0.3) is 5.65 Å². The van der Waals surface area contributed by atoms with Crippen LogP contribution in [0.4, 0.5) is 5.82 Å². The summed E-state index contributed by atoms with van der Waals surface area (Å²) in [5.41, 5.74) is 2.13.